The van der Waals surface area contributed by atoms with E-state index >= 15 is 0 Å². The molecule has 0 saturated heterocycles. The zero-order chi connectivity index (χ0) is 13.3. The molecule has 0 aliphatic carbocycles. The number of urea groups is 1. The molecule has 5 heteroatoms. The molecule has 0 bridgehead atoms. The van der Waals surface area contributed by atoms with E-state index in [9.17, 15) is 4.79 Å². The maximum atomic E-state index is 11.6. The van der Waals surface area contributed by atoms with Crippen molar-refractivity contribution >= 4 is 32.7 Å². The normalized spacial score (nSPS) is 10.9. The van der Waals surface area contributed by atoms with E-state index in [2.05, 4.69) is 28.6 Å². The Morgan fingerprint density at radius 2 is 2.06 bits per heavy atom. The van der Waals surface area contributed by atoms with Crippen LogP contribution in [-0.4, -0.2) is 17.1 Å². The second kappa shape index (κ2) is 4.94. The number of hydrogen-bond donors (Lipinski definition) is 2. The largest absolute Gasteiger partial charge is 0.336 e. The van der Waals surface area contributed by atoms with Gasteiger partial charge in [0, 0.05) is 6.04 Å². The molecule has 1 heterocycles. The van der Waals surface area contributed by atoms with Crippen molar-refractivity contribution in [2.75, 3.05) is 5.32 Å². The summed E-state index contributed by atoms with van der Waals surface area (Å²) in [6.07, 6.45) is 0. The summed E-state index contributed by atoms with van der Waals surface area (Å²) in [5.74, 6) is 0. The molecule has 0 saturated carbocycles. The molecule has 0 aliphatic heterocycles. The molecular formula is C13H17N3OS. The number of aryl methyl sites for hydroxylation is 2. The minimum absolute atomic E-state index is 0.114. The number of benzene rings is 1. The number of anilines is 1. The van der Waals surface area contributed by atoms with E-state index in [1.54, 1.807) is 0 Å². The van der Waals surface area contributed by atoms with E-state index < -0.39 is 0 Å². The predicted molar refractivity (Wildman–Crippen MR) is 76.4 cm³/mol. The van der Waals surface area contributed by atoms with Gasteiger partial charge in [-0.1, -0.05) is 17.4 Å². The average Bonchev–Trinajstić information content (AvgIpc) is 2.58. The van der Waals surface area contributed by atoms with Crippen LogP contribution in [0.4, 0.5) is 9.93 Å². The number of amides is 2. The zero-order valence-electron chi connectivity index (χ0n) is 11.0. The topological polar surface area (TPSA) is 54.0 Å². The van der Waals surface area contributed by atoms with Gasteiger partial charge in [0.15, 0.2) is 5.13 Å². The molecule has 1 aromatic heterocycles. The van der Waals surface area contributed by atoms with Gasteiger partial charge in [0.1, 0.15) is 0 Å². The Kier molecular flexibility index (Phi) is 3.52. The van der Waals surface area contributed by atoms with E-state index in [4.69, 9.17) is 0 Å². The van der Waals surface area contributed by atoms with Crippen LogP contribution in [0.25, 0.3) is 10.2 Å². The summed E-state index contributed by atoms with van der Waals surface area (Å²) >= 11 is 1.50. The van der Waals surface area contributed by atoms with Crippen molar-refractivity contribution in [3.8, 4) is 0 Å². The number of rotatable bonds is 2. The molecule has 4 nitrogen and oxygen atoms in total. The van der Waals surface area contributed by atoms with Crippen molar-refractivity contribution in [1.29, 1.82) is 0 Å². The first-order chi connectivity index (χ1) is 8.45. The standard InChI is InChI=1S/C13H17N3OS/c1-7(2)14-12(17)16-13-15-10-6-8(3)5-9(4)11(10)18-13/h5-7H,1-4H3,(H2,14,15,16,17). The molecule has 2 rings (SSSR count). The third kappa shape index (κ3) is 2.79. The molecule has 0 atom stereocenters. The van der Waals surface area contributed by atoms with Crippen LogP contribution >= 0.6 is 11.3 Å². The van der Waals surface area contributed by atoms with E-state index in [-0.39, 0.29) is 12.1 Å². The van der Waals surface area contributed by atoms with Crippen molar-refractivity contribution in [2.24, 2.45) is 0 Å². The van der Waals surface area contributed by atoms with E-state index in [1.165, 1.54) is 22.5 Å². The van der Waals surface area contributed by atoms with Crippen molar-refractivity contribution in [1.82, 2.24) is 10.3 Å². The van der Waals surface area contributed by atoms with E-state index in [0.717, 1.165) is 10.2 Å². The summed E-state index contributed by atoms with van der Waals surface area (Å²) in [6.45, 7) is 7.95. The molecule has 2 aromatic rings. The summed E-state index contributed by atoms with van der Waals surface area (Å²) in [5, 5.41) is 6.18. The maximum absolute atomic E-state index is 11.6. The highest BCUT2D eigenvalue weighted by Gasteiger charge is 2.10. The Balaban J connectivity index is 2.25. The number of nitrogens with zero attached hydrogens (tertiary/aromatic N) is 1. The van der Waals surface area contributed by atoms with Crippen LogP contribution in [0.15, 0.2) is 12.1 Å². The van der Waals surface area contributed by atoms with Crippen LogP contribution in [0, 0.1) is 13.8 Å². The van der Waals surface area contributed by atoms with Crippen molar-refractivity contribution in [3.63, 3.8) is 0 Å². The highest BCUT2D eigenvalue weighted by atomic mass is 32.1. The van der Waals surface area contributed by atoms with Crippen LogP contribution in [0.1, 0.15) is 25.0 Å². The van der Waals surface area contributed by atoms with Crippen molar-refractivity contribution in [2.45, 2.75) is 33.7 Å². The monoisotopic (exact) mass is 263 g/mol. The van der Waals surface area contributed by atoms with Gasteiger partial charge in [0.25, 0.3) is 0 Å². The fourth-order valence-corrected chi connectivity index (χ4v) is 2.74. The first-order valence-corrected chi connectivity index (χ1v) is 6.72. The molecule has 0 spiro atoms. The Labute approximate surface area is 110 Å². The van der Waals surface area contributed by atoms with Crippen molar-refractivity contribution in [3.05, 3.63) is 23.3 Å². The number of thiazole rings is 1. The zero-order valence-corrected chi connectivity index (χ0v) is 11.8. The molecule has 96 valence electrons. The number of carbonyl (C=O) groups is 1. The summed E-state index contributed by atoms with van der Waals surface area (Å²) in [6, 6.07) is 4.06. The van der Waals surface area contributed by atoms with Crippen LogP contribution in [0.3, 0.4) is 0 Å². The van der Waals surface area contributed by atoms with E-state index in [1.807, 2.05) is 26.8 Å². The third-order valence-corrected chi connectivity index (χ3v) is 3.58. The second-order valence-corrected chi connectivity index (χ2v) is 5.70. The predicted octanol–water partition coefficient (Wildman–Crippen LogP) is 3.44. The van der Waals surface area contributed by atoms with Crippen LogP contribution in [-0.2, 0) is 0 Å². The molecule has 2 N–H and O–H groups in total. The number of aromatic nitrogens is 1. The molecule has 0 radical (unpaired) electrons. The number of nitrogens with one attached hydrogen (secondary N) is 2. The lowest BCUT2D eigenvalue weighted by atomic mass is 10.1. The number of fused-ring (bicyclic) bond motifs is 1. The summed E-state index contributed by atoms with van der Waals surface area (Å²) < 4.78 is 1.13. The fraction of sp³-hybridized carbons (Fsp3) is 0.385. The first kappa shape index (κ1) is 12.8. The summed E-state index contributed by atoms with van der Waals surface area (Å²) in [4.78, 5) is 16.0. The highest BCUT2D eigenvalue weighted by Crippen LogP contribution is 2.29. The van der Waals surface area contributed by atoms with Gasteiger partial charge in [-0.05, 0) is 44.9 Å². The van der Waals surface area contributed by atoms with Gasteiger partial charge in [-0.15, -0.1) is 0 Å². The summed E-state index contributed by atoms with van der Waals surface area (Å²) in [5.41, 5.74) is 3.32. The number of hydrogen-bond acceptors (Lipinski definition) is 3. The summed E-state index contributed by atoms with van der Waals surface area (Å²) in [7, 11) is 0. The Morgan fingerprint density at radius 1 is 1.33 bits per heavy atom. The maximum Gasteiger partial charge on any atom is 0.321 e. The van der Waals surface area contributed by atoms with E-state index in [0.29, 0.717) is 5.13 Å². The lowest BCUT2D eigenvalue weighted by molar-refractivity contribution is 0.250. The molecule has 1 aromatic carbocycles. The highest BCUT2D eigenvalue weighted by molar-refractivity contribution is 7.22. The van der Waals surface area contributed by atoms with Crippen LogP contribution < -0.4 is 10.6 Å². The smallest absolute Gasteiger partial charge is 0.321 e. The average molecular weight is 263 g/mol. The van der Waals surface area contributed by atoms with Gasteiger partial charge in [-0.25, -0.2) is 9.78 Å². The minimum Gasteiger partial charge on any atom is -0.336 e. The third-order valence-electron chi connectivity index (χ3n) is 2.46. The fourth-order valence-electron chi connectivity index (χ4n) is 1.83. The Morgan fingerprint density at radius 3 is 2.72 bits per heavy atom. The molecular weight excluding hydrogens is 246 g/mol. The lowest BCUT2D eigenvalue weighted by Crippen LogP contribution is -2.34. The van der Waals surface area contributed by atoms with Gasteiger partial charge in [0.05, 0.1) is 10.2 Å². The molecule has 0 aliphatic rings. The quantitative estimate of drug-likeness (QED) is 0.872. The second-order valence-electron chi connectivity index (χ2n) is 4.70. The Hall–Kier alpha value is -1.62. The molecule has 0 fully saturated rings. The van der Waals surface area contributed by atoms with Crippen LogP contribution in [0.5, 0.6) is 0 Å². The molecule has 18 heavy (non-hydrogen) atoms. The van der Waals surface area contributed by atoms with Gasteiger partial charge in [-0.2, -0.15) is 0 Å². The lowest BCUT2D eigenvalue weighted by Gasteiger charge is -2.07. The Bertz CT molecular complexity index is 589. The van der Waals surface area contributed by atoms with Crippen molar-refractivity contribution < 1.29 is 4.79 Å². The van der Waals surface area contributed by atoms with Gasteiger partial charge >= 0.3 is 6.03 Å². The van der Waals surface area contributed by atoms with Crippen LogP contribution in [0.2, 0.25) is 0 Å². The minimum atomic E-state index is -0.210. The van der Waals surface area contributed by atoms with Gasteiger partial charge in [-0.3, -0.25) is 5.32 Å². The first-order valence-electron chi connectivity index (χ1n) is 5.91. The molecule has 2 amide bonds. The molecule has 0 unspecified atom stereocenters. The van der Waals surface area contributed by atoms with Gasteiger partial charge < -0.3 is 5.32 Å². The van der Waals surface area contributed by atoms with Gasteiger partial charge in [0.2, 0.25) is 0 Å². The SMILES string of the molecule is Cc1cc(C)c2sc(NC(=O)NC(C)C)nc2c1. The number of carbonyl (C=O) groups excluding carboxylic acids is 1.